The lowest BCUT2D eigenvalue weighted by atomic mass is 10.0. The third kappa shape index (κ3) is 4.68. The lowest BCUT2D eigenvalue weighted by molar-refractivity contribution is -0.144. The number of unbranched alkanes of at least 4 members (excludes halogenated alkanes) is 2. The monoisotopic (exact) mass is 362 g/mol. The van der Waals surface area contributed by atoms with Crippen molar-refractivity contribution in [3.05, 3.63) is 67.3 Å². The number of benzene rings is 3. The van der Waals surface area contributed by atoms with Crippen LogP contribution < -0.4 is 4.74 Å². The molecule has 1 unspecified atom stereocenters. The Balaban J connectivity index is 1.88. The van der Waals surface area contributed by atoms with Crippen LogP contribution in [0.5, 0.6) is 5.75 Å². The summed E-state index contributed by atoms with van der Waals surface area (Å²) in [6.45, 7) is 5.99. The summed E-state index contributed by atoms with van der Waals surface area (Å²) in [5.41, 5.74) is 0. The van der Waals surface area contributed by atoms with Crippen molar-refractivity contribution in [2.45, 2.75) is 38.7 Å². The van der Waals surface area contributed by atoms with E-state index in [1.54, 1.807) is 0 Å². The van der Waals surface area contributed by atoms with Crippen LogP contribution in [0, 0.1) is 0 Å². The lowest BCUT2D eigenvalue weighted by Gasteiger charge is -2.19. The molecular weight excluding hydrogens is 336 g/mol. The van der Waals surface area contributed by atoms with E-state index in [1.807, 2.05) is 24.3 Å². The van der Waals surface area contributed by atoms with E-state index in [1.165, 1.54) is 6.08 Å². The molecule has 0 N–H and O–H groups in total. The highest BCUT2D eigenvalue weighted by Gasteiger charge is 2.16. The maximum atomic E-state index is 11.7. The minimum Gasteiger partial charge on any atom is -0.488 e. The average molecular weight is 362 g/mol. The second-order valence-corrected chi connectivity index (χ2v) is 6.72. The van der Waals surface area contributed by atoms with Crippen LogP contribution in [-0.2, 0) is 9.53 Å². The van der Waals surface area contributed by atoms with Crippen LogP contribution in [0.2, 0.25) is 0 Å². The molecule has 0 saturated carbocycles. The van der Waals surface area contributed by atoms with Gasteiger partial charge in [-0.25, -0.2) is 4.79 Å². The van der Waals surface area contributed by atoms with Crippen LogP contribution in [0.3, 0.4) is 0 Å². The van der Waals surface area contributed by atoms with Gasteiger partial charge in [-0.15, -0.1) is 0 Å². The SMILES string of the molecule is C=CC(=O)OC(CCCCC)COc1c2ccccc2cc2ccccc12. The molecule has 0 aromatic heterocycles. The van der Waals surface area contributed by atoms with Crippen molar-refractivity contribution in [2.75, 3.05) is 6.61 Å². The van der Waals surface area contributed by atoms with Crippen LogP contribution in [-0.4, -0.2) is 18.7 Å². The van der Waals surface area contributed by atoms with Gasteiger partial charge in [0.1, 0.15) is 18.5 Å². The molecule has 0 aliphatic rings. The molecule has 0 aliphatic heterocycles. The second-order valence-electron chi connectivity index (χ2n) is 6.72. The number of esters is 1. The molecule has 0 fully saturated rings. The van der Waals surface area contributed by atoms with Crippen molar-refractivity contribution in [1.29, 1.82) is 0 Å². The highest BCUT2D eigenvalue weighted by molar-refractivity contribution is 6.05. The first kappa shape index (κ1) is 19.0. The van der Waals surface area contributed by atoms with Gasteiger partial charge in [0, 0.05) is 16.8 Å². The third-order valence-corrected chi connectivity index (χ3v) is 4.71. The quantitative estimate of drug-likeness (QED) is 0.201. The number of hydrogen-bond acceptors (Lipinski definition) is 3. The van der Waals surface area contributed by atoms with Crippen LogP contribution in [0.1, 0.15) is 32.6 Å². The van der Waals surface area contributed by atoms with Gasteiger partial charge in [-0.3, -0.25) is 0 Å². The van der Waals surface area contributed by atoms with E-state index in [0.717, 1.165) is 53.0 Å². The predicted molar refractivity (Wildman–Crippen MR) is 111 cm³/mol. The molecule has 0 amide bonds. The van der Waals surface area contributed by atoms with Crippen LogP contribution >= 0.6 is 0 Å². The fourth-order valence-electron chi connectivity index (χ4n) is 3.31. The van der Waals surface area contributed by atoms with E-state index >= 15 is 0 Å². The van der Waals surface area contributed by atoms with Crippen molar-refractivity contribution < 1.29 is 14.3 Å². The van der Waals surface area contributed by atoms with Gasteiger partial charge in [0.15, 0.2) is 0 Å². The molecule has 1 atom stereocenters. The minimum absolute atomic E-state index is 0.278. The molecule has 0 spiro atoms. The van der Waals surface area contributed by atoms with Gasteiger partial charge in [-0.2, -0.15) is 0 Å². The zero-order valence-electron chi connectivity index (χ0n) is 15.8. The minimum atomic E-state index is -0.400. The van der Waals surface area contributed by atoms with E-state index in [2.05, 4.69) is 43.8 Å². The summed E-state index contributed by atoms with van der Waals surface area (Å²) in [6, 6.07) is 18.6. The normalized spacial score (nSPS) is 12.0. The van der Waals surface area contributed by atoms with Crippen molar-refractivity contribution >= 4 is 27.5 Å². The van der Waals surface area contributed by atoms with E-state index in [4.69, 9.17) is 9.47 Å². The van der Waals surface area contributed by atoms with E-state index < -0.39 is 5.97 Å². The number of ether oxygens (including phenoxy) is 2. The molecule has 0 heterocycles. The zero-order chi connectivity index (χ0) is 19.1. The third-order valence-electron chi connectivity index (χ3n) is 4.71. The van der Waals surface area contributed by atoms with Crippen molar-refractivity contribution in [3.8, 4) is 5.75 Å². The van der Waals surface area contributed by atoms with Crippen LogP contribution in [0.4, 0.5) is 0 Å². The molecule has 0 radical (unpaired) electrons. The number of hydrogen-bond donors (Lipinski definition) is 0. The van der Waals surface area contributed by atoms with Gasteiger partial charge in [-0.05, 0) is 29.7 Å². The second kappa shape index (κ2) is 9.22. The first-order valence-electron chi connectivity index (χ1n) is 9.59. The molecule has 140 valence electrons. The van der Waals surface area contributed by atoms with E-state index in [0.29, 0.717) is 6.61 Å². The van der Waals surface area contributed by atoms with Gasteiger partial charge in [0.2, 0.25) is 0 Å². The molecule has 0 aliphatic carbocycles. The van der Waals surface area contributed by atoms with E-state index in [-0.39, 0.29) is 6.10 Å². The maximum Gasteiger partial charge on any atom is 0.330 e. The first-order chi connectivity index (χ1) is 13.2. The number of carbonyl (C=O) groups is 1. The summed E-state index contributed by atoms with van der Waals surface area (Å²) >= 11 is 0. The molecule has 3 aromatic carbocycles. The number of fused-ring (bicyclic) bond motifs is 2. The fourth-order valence-corrected chi connectivity index (χ4v) is 3.31. The Morgan fingerprint density at radius 2 is 1.67 bits per heavy atom. The number of carbonyl (C=O) groups excluding carboxylic acids is 1. The standard InChI is InChI=1S/C24H26O3/c1-3-5-6-13-20(27-23(25)4-2)17-26-24-21-14-9-7-11-18(21)16-19-12-8-10-15-22(19)24/h4,7-12,14-16,20H,2-3,5-6,13,17H2,1H3. The van der Waals surface area contributed by atoms with E-state index in [9.17, 15) is 4.79 Å². The Morgan fingerprint density at radius 1 is 1.04 bits per heavy atom. The van der Waals surface area contributed by atoms with Gasteiger partial charge in [0.05, 0.1) is 0 Å². The van der Waals surface area contributed by atoms with Crippen LogP contribution in [0.15, 0.2) is 67.3 Å². The highest BCUT2D eigenvalue weighted by atomic mass is 16.6. The summed E-state index contributed by atoms with van der Waals surface area (Å²) in [7, 11) is 0. The van der Waals surface area contributed by atoms with Gasteiger partial charge in [0.25, 0.3) is 0 Å². The summed E-state index contributed by atoms with van der Waals surface area (Å²) < 4.78 is 11.8. The Kier molecular flexibility index (Phi) is 6.48. The Bertz CT molecular complexity index is 875. The summed E-state index contributed by atoms with van der Waals surface area (Å²) in [6.07, 6.45) is 4.96. The van der Waals surface area contributed by atoms with Gasteiger partial charge >= 0.3 is 5.97 Å². The molecule has 3 heteroatoms. The molecule has 3 aromatic rings. The maximum absolute atomic E-state index is 11.7. The Labute approximate surface area is 160 Å². The van der Waals surface area contributed by atoms with Crippen molar-refractivity contribution in [2.24, 2.45) is 0 Å². The molecule has 27 heavy (non-hydrogen) atoms. The first-order valence-corrected chi connectivity index (χ1v) is 9.59. The lowest BCUT2D eigenvalue weighted by Crippen LogP contribution is -2.24. The van der Waals surface area contributed by atoms with Crippen molar-refractivity contribution in [1.82, 2.24) is 0 Å². The molecule has 3 rings (SSSR count). The predicted octanol–water partition coefficient (Wildman–Crippen LogP) is 6.05. The fraction of sp³-hybridized carbons (Fsp3) is 0.292. The molecule has 3 nitrogen and oxygen atoms in total. The number of rotatable bonds is 9. The largest absolute Gasteiger partial charge is 0.488 e. The molecular formula is C24H26O3. The van der Waals surface area contributed by atoms with Gasteiger partial charge < -0.3 is 9.47 Å². The van der Waals surface area contributed by atoms with Crippen LogP contribution in [0.25, 0.3) is 21.5 Å². The highest BCUT2D eigenvalue weighted by Crippen LogP contribution is 2.35. The topological polar surface area (TPSA) is 35.5 Å². The summed E-state index contributed by atoms with van der Waals surface area (Å²) in [5.74, 6) is 0.446. The smallest absolute Gasteiger partial charge is 0.330 e. The Morgan fingerprint density at radius 3 is 2.26 bits per heavy atom. The average Bonchev–Trinajstić information content (AvgIpc) is 2.70. The zero-order valence-corrected chi connectivity index (χ0v) is 15.8. The molecule has 0 saturated heterocycles. The molecule has 0 bridgehead atoms. The Hall–Kier alpha value is -2.81. The summed E-state index contributed by atoms with van der Waals surface area (Å²) in [4.78, 5) is 11.7. The van der Waals surface area contributed by atoms with Gasteiger partial charge in [-0.1, -0.05) is 74.9 Å². The summed E-state index contributed by atoms with van der Waals surface area (Å²) in [5, 5.41) is 4.41. The van der Waals surface area contributed by atoms with Crippen molar-refractivity contribution in [3.63, 3.8) is 0 Å².